The summed E-state index contributed by atoms with van der Waals surface area (Å²) in [5.74, 6) is 10.7. The van der Waals surface area contributed by atoms with Crippen molar-refractivity contribution in [2.45, 2.75) is 257 Å². The van der Waals surface area contributed by atoms with E-state index in [1.807, 2.05) is 0 Å². The molecule has 0 saturated heterocycles. The minimum atomic E-state index is -0.414. The lowest BCUT2D eigenvalue weighted by atomic mass is 9.44. The second-order valence-electron chi connectivity index (χ2n) is 32.1. The summed E-state index contributed by atoms with van der Waals surface area (Å²) < 4.78 is 17.8. The predicted molar refractivity (Wildman–Crippen MR) is 317 cm³/mol. The van der Waals surface area contributed by atoms with E-state index in [1.165, 1.54) is 142 Å². The average molecular weight is 1080 g/mol. The van der Waals surface area contributed by atoms with Gasteiger partial charge in [0.2, 0.25) is 0 Å². The Morgan fingerprint density at radius 2 is 0.731 bits per heavy atom. The number of fused-ring (bicyclic) bond motifs is 9. The summed E-state index contributed by atoms with van der Waals surface area (Å²) in [7, 11) is 0. The molecule has 0 bridgehead atoms. The lowest BCUT2D eigenvalue weighted by Gasteiger charge is -2.61. The zero-order valence-corrected chi connectivity index (χ0v) is 52.4. The Morgan fingerprint density at radius 3 is 1.04 bits per heavy atom. The Kier molecular flexibility index (Phi) is 19.3. The second kappa shape index (κ2) is 24.4. The maximum absolute atomic E-state index is 13.3. The molecule has 442 valence electrons. The smallest absolute Gasteiger partial charge is 0.334 e. The van der Waals surface area contributed by atoms with Crippen LogP contribution >= 0.6 is 0 Å². The molecule has 0 heterocycles. The Hall–Kier alpha value is -2.44. The molecule has 0 aromatic heterocycles. The summed E-state index contributed by atoms with van der Waals surface area (Å²) in [6.07, 6.45) is 31.3. The number of ketones is 1. The Labute approximate surface area is 477 Å². The number of ether oxygens (including phenoxy) is 3. The maximum atomic E-state index is 13.3. The first-order valence-corrected chi connectivity index (χ1v) is 33.0. The summed E-state index contributed by atoms with van der Waals surface area (Å²) in [6.45, 7) is 39.9. The van der Waals surface area contributed by atoms with E-state index in [-0.39, 0.29) is 58.0 Å². The molecule has 9 rings (SSSR count). The first-order valence-electron chi connectivity index (χ1n) is 33.0. The van der Waals surface area contributed by atoms with Crippen LogP contribution in [0.1, 0.15) is 257 Å². The molecule has 9 aliphatic carbocycles. The fraction of sp³-hybridized carbons (Fsp3) is 0.887. The number of hydrogen-bond donors (Lipinski definition) is 0. The highest BCUT2D eigenvalue weighted by Gasteiger charge is 2.60. The van der Waals surface area contributed by atoms with Gasteiger partial charge in [-0.15, -0.1) is 0 Å². The Balaban J connectivity index is 0.000000236. The van der Waals surface area contributed by atoms with Gasteiger partial charge >= 0.3 is 17.9 Å². The highest BCUT2D eigenvalue weighted by Crippen LogP contribution is 2.68. The van der Waals surface area contributed by atoms with Crippen molar-refractivity contribution in [3.05, 3.63) is 24.3 Å². The Bertz CT molecular complexity index is 2160. The van der Waals surface area contributed by atoms with E-state index in [4.69, 9.17) is 14.2 Å². The van der Waals surface area contributed by atoms with Crippen molar-refractivity contribution >= 4 is 23.7 Å². The van der Waals surface area contributed by atoms with Gasteiger partial charge in [0.1, 0.15) is 5.78 Å². The molecule has 18 atom stereocenters. The number of carbonyl (C=O) groups excluding carboxylic acids is 4. The summed E-state index contributed by atoms with van der Waals surface area (Å²) in [6, 6.07) is 0. The standard InChI is InChI=1S/C45H74O4.C26H42O3/c1-29(2)32-12-16-36-34(25-32)14-18-38-42(6,20-10-22-44(36,38)8)27-48-40(46)24-31(5)41(47)49-28-43(7)21-11-23-45(9)37-17-13-33(30(3)4)26-35(37)15-19-39(43)45;1-17(2)20-8-10-22-21(15-20)9-11-23-25(5,12-7-13-26(22,23)6)16-29-24(28)18(3)14-19(4)27/h29-30,32-39H,5,10-28H2,1-4,6-9H3;17,20-23H,3,7-16H2,1-2,4-6H3/t32?,33?,34?,35?,36?,37?,38?,39?,42?,43-,44?,45+;20?,21?,22?,23?,25-,26+/m11/s1. The highest BCUT2D eigenvalue weighted by molar-refractivity contribution is 5.94. The molecule has 9 saturated carbocycles. The van der Waals surface area contributed by atoms with Gasteiger partial charge in [-0.05, 0) is 247 Å². The molecule has 9 fully saturated rings. The van der Waals surface area contributed by atoms with E-state index in [1.54, 1.807) is 0 Å². The van der Waals surface area contributed by atoms with Crippen molar-refractivity contribution in [1.82, 2.24) is 0 Å². The summed E-state index contributed by atoms with van der Waals surface area (Å²) in [4.78, 5) is 50.2. The molecule has 7 heteroatoms. The van der Waals surface area contributed by atoms with Crippen LogP contribution in [0.2, 0.25) is 0 Å². The predicted octanol–water partition coefficient (Wildman–Crippen LogP) is 18.0. The Morgan fingerprint density at radius 1 is 0.423 bits per heavy atom. The summed E-state index contributed by atoms with van der Waals surface area (Å²) >= 11 is 0. The van der Waals surface area contributed by atoms with Crippen LogP contribution < -0.4 is 0 Å². The fourth-order valence-corrected chi connectivity index (χ4v) is 21.9. The van der Waals surface area contributed by atoms with Crippen molar-refractivity contribution in [2.75, 3.05) is 19.8 Å². The first kappa shape index (κ1) is 61.6. The zero-order valence-electron chi connectivity index (χ0n) is 52.4. The van der Waals surface area contributed by atoms with Gasteiger partial charge in [0.05, 0.1) is 26.2 Å². The molecule has 0 N–H and O–H groups in total. The number of esters is 3. The molecular weight excluding hydrogens is 965 g/mol. The van der Waals surface area contributed by atoms with Crippen molar-refractivity contribution in [2.24, 2.45) is 121 Å². The van der Waals surface area contributed by atoms with Gasteiger partial charge in [-0.1, -0.05) is 116 Å². The van der Waals surface area contributed by atoms with Gasteiger partial charge in [-0.2, -0.15) is 0 Å². The van der Waals surface area contributed by atoms with Crippen LogP contribution in [0.25, 0.3) is 0 Å². The van der Waals surface area contributed by atoms with E-state index in [0.717, 1.165) is 90.3 Å². The molecule has 0 aliphatic heterocycles. The number of Topliss-reactive ketones (excluding diaryl/α,β-unsaturated/α-hetero) is 1. The zero-order chi connectivity index (χ0) is 56.8. The van der Waals surface area contributed by atoms with Gasteiger partial charge in [-0.3, -0.25) is 9.59 Å². The van der Waals surface area contributed by atoms with E-state index in [9.17, 15) is 19.2 Å². The van der Waals surface area contributed by atoms with Crippen LogP contribution in [0.15, 0.2) is 24.3 Å². The van der Waals surface area contributed by atoms with Gasteiger partial charge < -0.3 is 14.2 Å². The summed E-state index contributed by atoms with van der Waals surface area (Å²) in [5.41, 5.74) is 1.61. The average Bonchev–Trinajstić information content (AvgIpc) is 3.44. The van der Waals surface area contributed by atoms with Crippen LogP contribution in [0.4, 0.5) is 0 Å². The van der Waals surface area contributed by atoms with Crippen LogP contribution in [0, 0.1) is 121 Å². The normalized spacial score (nSPS) is 42.9. The van der Waals surface area contributed by atoms with Gasteiger partial charge in [0.15, 0.2) is 0 Å². The minimum absolute atomic E-state index is 0.000367. The molecule has 0 amide bonds. The number of hydrogen-bond acceptors (Lipinski definition) is 7. The monoisotopic (exact) mass is 1080 g/mol. The lowest BCUT2D eigenvalue weighted by molar-refractivity contribution is -0.165. The highest BCUT2D eigenvalue weighted by atomic mass is 16.5. The van der Waals surface area contributed by atoms with Crippen LogP contribution in [0.5, 0.6) is 0 Å². The van der Waals surface area contributed by atoms with E-state index >= 15 is 0 Å². The number of carbonyl (C=O) groups is 4. The fourth-order valence-electron chi connectivity index (χ4n) is 21.9. The quantitative estimate of drug-likeness (QED) is 0.0916. The van der Waals surface area contributed by atoms with Crippen LogP contribution in [-0.4, -0.2) is 43.5 Å². The van der Waals surface area contributed by atoms with Crippen LogP contribution in [0.3, 0.4) is 0 Å². The lowest BCUT2D eigenvalue weighted by Crippen LogP contribution is -2.55. The molecule has 9 aliphatic rings. The third-order valence-electron chi connectivity index (χ3n) is 26.2. The molecule has 7 nitrogen and oxygen atoms in total. The molecule has 0 aromatic rings. The number of rotatable bonds is 15. The molecule has 0 spiro atoms. The maximum Gasteiger partial charge on any atom is 0.334 e. The largest absolute Gasteiger partial charge is 0.465 e. The van der Waals surface area contributed by atoms with Crippen molar-refractivity contribution in [1.29, 1.82) is 0 Å². The third-order valence-corrected chi connectivity index (χ3v) is 26.2. The van der Waals surface area contributed by atoms with E-state index < -0.39 is 5.97 Å². The van der Waals surface area contributed by atoms with Crippen molar-refractivity contribution in [3.8, 4) is 0 Å². The van der Waals surface area contributed by atoms with Gasteiger partial charge in [-0.25, -0.2) is 9.59 Å². The van der Waals surface area contributed by atoms with Crippen LogP contribution in [-0.2, 0) is 33.4 Å². The molecular formula is C71H116O7. The minimum Gasteiger partial charge on any atom is -0.465 e. The molecule has 14 unspecified atom stereocenters. The topological polar surface area (TPSA) is 96.0 Å². The second-order valence-corrected chi connectivity index (χ2v) is 32.1. The molecule has 78 heavy (non-hydrogen) atoms. The van der Waals surface area contributed by atoms with E-state index in [0.29, 0.717) is 53.8 Å². The van der Waals surface area contributed by atoms with Gasteiger partial charge in [0.25, 0.3) is 0 Å². The molecule has 0 aromatic carbocycles. The van der Waals surface area contributed by atoms with E-state index in [2.05, 4.69) is 96.2 Å². The first-order chi connectivity index (χ1) is 36.7. The summed E-state index contributed by atoms with van der Waals surface area (Å²) in [5, 5.41) is 0. The SMILES string of the molecule is C=C(CC(=O)OCC1(C)CCCC2(C)C3CCC(C(C)C)CC3CCC12)C(=O)OC[C@@]1(C)CCC[C@@]2(C)C3CCC(C(C)C)CC3CCC12.C=C(CC(C)=O)C(=O)OC[C@@]1(C)CCC[C@@]2(C)C3CCC(C(C)C)CC3CCC12. The third kappa shape index (κ3) is 12.6. The van der Waals surface area contributed by atoms with Crippen molar-refractivity contribution in [3.63, 3.8) is 0 Å². The molecule has 0 radical (unpaired) electrons. The van der Waals surface area contributed by atoms with Gasteiger partial charge in [0, 0.05) is 33.8 Å². The van der Waals surface area contributed by atoms with Crippen molar-refractivity contribution < 1.29 is 33.4 Å².